The van der Waals surface area contributed by atoms with E-state index in [0.717, 1.165) is 12.1 Å². The van der Waals surface area contributed by atoms with Gasteiger partial charge in [0.15, 0.2) is 0 Å². The van der Waals surface area contributed by atoms with Gasteiger partial charge >= 0.3 is 5.97 Å². The Bertz CT molecular complexity index is 443. The first kappa shape index (κ1) is 16.2. The van der Waals surface area contributed by atoms with E-state index in [2.05, 4.69) is 10.6 Å². The number of amides is 1. The first-order valence-electron chi connectivity index (χ1n) is 6.85. The standard InChI is InChI=1S/C15H22N2O3/c1-3-16-11(2)10-14(18)17-9-8-12-4-6-13(7-5-12)15(19)20/h4-7,11,16H,3,8-10H2,1-2H3,(H,17,18)(H,19,20). The fourth-order valence-corrected chi connectivity index (χ4v) is 1.93. The molecule has 110 valence electrons. The van der Waals surface area contributed by atoms with Crippen LogP contribution in [0.2, 0.25) is 0 Å². The molecule has 20 heavy (non-hydrogen) atoms. The molecule has 1 unspecified atom stereocenters. The summed E-state index contributed by atoms with van der Waals surface area (Å²) in [4.78, 5) is 22.3. The molecule has 0 aromatic heterocycles. The molecule has 0 aliphatic carbocycles. The fraction of sp³-hybridized carbons (Fsp3) is 0.467. The number of carboxylic acids is 1. The second-order valence-electron chi connectivity index (χ2n) is 4.76. The quantitative estimate of drug-likeness (QED) is 0.672. The Kier molecular flexibility index (Phi) is 6.73. The van der Waals surface area contributed by atoms with Gasteiger partial charge < -0.3 is 15.7 Å². The molecule has 1 rings (SSSR count). The average molecular weight is 278 g/mol. The normalized spacial score (nSPS) is 11.9. The van der Waals surface area contributed by atoms with Gasteiger partial charge in [-0.25, -0.2) is 4.79 Å². The van der Waals surface area contributed by atoms with E-state index in [1.807, 2.05) is 13.8 Å². The van der Waals surface area contributed by atoms with E-state index < -0.39 is 5.97 Å². The molecular formula is C15H22N2O3. The second-order valence-corrected chi connectivity index (χ2v) is 4.76. The van der Waals surface area contributed by atoms with E-state index in [1.165, 1.54) is 0 Å². The molecule has 1 amide bonds. The minimum atomic E-state index is -0.928. The largest absolute Gasteiger partial charge is 0.478 e. The van der Waals surface area contributed by atoms with Gasteiger partial charge in [0, 0.05) is 19.0 Å². The zero-order chi connectivity index (χ0) is 15.0. The number of carboxylic acid groups (broad SMARTS) is 1. The topological polar surface area (TPSA) is 78.4 Å². The number of benzene rings is 1. The van der Waals surface area contributed by atoms with Crippen molar-refractivity contribution in [1.82, 2.24) is 10.6 Å². The van der Waals surface area contributed by atoms with Gasteiger partial charge in [-0.15, -0.1) is 0 Å². The van der Waals surface area contributed by atoms with Crippen LogP contribution in [0.15, 0.2) is 24.3 Å². The number of nitrogens with one attached hydrogen (secondary N) is 2. The Balaban J connectivity index is 2.30. The maximum absolute atomic E-state index is 11.6. The van der Waals surface area contributed by atoms with E-state index in [1.54, 1.807) is 24.3 Å². The highest BCUT2D eigenvalue weighted by molar-refractivity contribution is 5.87. The molecule has 3 N–H and O–H groups in total. The highest BCUT2D eigenvalue weighted by Crippen LogP contribution is 2.04. The van der Waals surface area contributed by atoms with Crippen molar-refractivity contribution in [2.75, 3.05) is 13.1 Å². The molecule has 0 bridgehead atoms. The van der Waals surface area contributed by atoms with Crippen LogP contribution < -0.4 is 10.6 Å². The minimum Gasteiger partial charge on any atom is -0.478 e. The van der Waals surface area contributed by atoms with E-state index in [9.17, 15) is 9.59 Å². The summed E-state index contributed by atoms with van der Waals surface area (Å²) in [6, 6.07) is 6.88. The lowest BCUT2D eigenvalue weighted by molar-refractivity contribution is -0.121. The van der Waals surface area contributed by atoms with E-state index >= 15 is 0 Å². The van der Waals surface area contributed by atoms with Crippen molar-refractivity contribution in [2.24, 2.45) is 0 Å². The van der Waals surface area contributed by atoms with Crippen LogP contribution >= 0.6 is 0 Å². The van der Waals surface area contributed by atoms with Crippen molar-refractivity contribution in [3.05, 3.63) is 35.4 Å². The Labute approximate surface area is 119 Å². The van der Waals surface area contributed by atoms with E-state index in [4.69, 9.17) is 5.11 Å². The van der Waals surface area contributed by atoms with E-state index in [0.29, 0.717) is 19.4 Å². The maximum Gasteiger partial charge on any atom is 0.335 e. The zero-order valence-corrected chi connectivity index (χ0v) is 12.0. The zero-order valence-electron chi connectivity index (χ0n) is 12.0. The summed E-state index contributed by atoms with van der Waals surface area (Å²) in [5, 5.41) is 14.8. The molecular weight excluding hydrogens is 256 g/mol. The number of carbonyl (C=O) groups is 2. The first-order chi connectivity index (χ1) is 9.52. The van der Waals surface area contributed by atoms with Gasteiger partial charge in [0.2, 0.25) is 5.91 Å². The van der Waals surface area contributed by atoms with Crippen molar-refractivity contribution >= 4 is 11.9 Å². The van der Waals surface area contributed by atoms with Gasteiger partial charge in [-0.3, -0.25) is 4.79 Å². The molecule has 0 saturated carbocycles. The third-order valence-corrected chi connectivity index (χ3v) is 2.98. The van der Waals surface area contributed by atoms with E-state index in [-0.39, 0.29) is 17.5 Å². The SMILES string of the molecule is CCNC(C)CC(=O)NCCc1ccc(C(=O)O)cc1. The molecule has 0 fully saturated rings. The van der Waals surface area contributed by atoms with Crippen molar-refractivity contribution < 1.29 is 14.7 Å². The van der Waals surface area contributed by atoms with Crippen LogP contribution in [-0.4, -0.2) is 36.1 Å². The lowest BCUT2D eigenvalue weighted by Crippen LogP contribution is -2.34. The minimum absolute atomic E-state index is 0.0283. The smallest absolute Gasteiger partial charge is 0.335 e. The van der Waals surface area contributed by atoms with Crippen LogP contribution in [0.4, 0.5) is 0 Å². The summed E-state index contributed by atoms with van der Waals surface area (Å²) < 4.78 is 0. The van der Waals surface area contributed by atoms with Crippen LogP contribution in [0.1, 0.15) is 36.2 Å². The van der Waals surface area contributed by atoms with Crippen LogP contribution in [0.5, 0.6) is 0 Å². The highest BCUT2D eigenvalue weighted by atomic mass is 16.4. The molecule has 5 heteroatoms. The monoisotopic (exact) mass is 278 g/mol. The molecule has 0 saturated heterocycles. The van der Waals surface area contributed by atoms with Gasteiger partial charge in [-0.05, 0) is 37.6 Å². The second kappa shape index (κ2) is 8.32. The highest BCUT2D eigenvalue weighted by Gasteiger charge is 2.07. The molecule has 0 aliphatic rings. The summed E-state index contributed by atoms with van der Waals surface area (Å²) in [7, 11) is 0. The van der Waals surface area contributed by atoms with Crippen molar-refractivity contribution in [3.8, 4) is 0 Å². The Hall–Kier alpha value is -1.88. The third kappa shape index (κ3) is 5.84. The lowest BCUT2D eigenvalue weighted by Gasteiger charge is -2.12. The molecule has 1 atom stereocenters. The number of hydrogen-bond acceptors (Lipinski definition) is 3. The number of hydrogen-bond donors (Lipinski definition) is 3. The Morgan fingerprint density at radius 2 is 1.90 bits per heavy atom. The molecule has 0 aliphatic heterocycles. The number of carbonyl (C=O) groups excluding carboxylic acids is 1. The first-order valence-corrected chi connectivity index (χ1v) is 6.85. The average Bonchev–Trinajstić information content (AvgIpc) is 2.39. The summed E-state index contributed by atoms with van der Waals surface area (Å²) >= 11 is 0. The van der Waals surface area contributed by atoms with Crippen LogP contribution in [0, 0.1) is 0 Å². The predicted octanol–water partition coefficient (Wildman–Crippen LogP) is 1.43. The van der Waals surface area contributed by atoms with Gasteiger partial charge in [-0.2, -0.15) is 0 Å². The van der Waals surface area contributed by atoms with Gasteiger partial charge in [0.1, 0.15) is 0 Å². The van der Waals surface area contributed by atoms with Gasteiger partial charge in [-0.1, -0.05) is 19.1 Å². The van der Waals surface area contributed by atoms with Gasteiger partial charge in [0.25, 0.3) is 0 Å². The van der Waals surface area contributed by atoms with Crippen molar-refractivity contribution in [1.29, 1.82) is 0 Å². The summed E-state index contributed by atoms with van der Waals surface area (Å²) in [5.74, 6) is -0.900. The van der Waals surface area contributed by atoms with Crippen molar-refractivity contribution in [3.63, 3.8) is 0 Å². The summed E-state index contributed by atoms with van der Waals surface area (Å²) in [5.41, 5.74) is 1.28. The molecule has 1 aromatic carbocycles. The Morgan fingerprint density at radius 1 is 1.25 bits per heavy atom. The fourth-order valence-electron chi connectivity index (χ4n) is 1.93. The molecule has 0 radical (unpaired) electrons. The lowest BCUT2D eigenvalue weighted by atomic mass is 10.1. The molecule has 5 nitrogen and oxygen atoms in total. The predicted molar refractivity (Wildman–Crippen MR) is 77.9 cm³/mol. The van der Waals surface area contributed by atoms with Crippen LogP contribution in [0.3, 0.4) is 0 Å². The summed E-state index contributed by atoms with van der Waals surface area (Å²) in [6.45, 7) is 5.40. The summed E-state index contributed by atoms with van der Waals surface area (Å²) in [6.07, 6.45) is 1.16. The maximum atomic E-state index is 11.6. The third-order valence-electron chi connectivity index (χ3n) is 2.98. The van der Waals surface area contributed by atoms with Crippen molar-refractivity contribution in [2.45, 2.75) is 32.7 Å². The number of rotatable bonds is 8. The molecule has 0 spiro atoms. The molecule has 0 heterocycles. The van der Waals surface area contributed by atoms with Gasteiger partial charge in [0.05, 0.1) is 5.56 Å². The number of aromatic carboxylic acids is 1. The molecule has 1 aromatic rings. The van der Waals surface area contributed by atoms with Crippen LogP contribution in [-0.2, 0) is 11.2 Å². The Morgan fingerprint density at radius 3 is 2.45 bits per heavy atom. The van der Waals surface area contributed by atoms with Crippen LogP contribution in [0.25, 0.3) is 0 Å².